The number of hydrogen-bond acceptors (Lipinski definition) is 4. The van der Waals surface area contributed by atoms with Crippen LogP contribution in [0.3, 0.4) is 0 Å². The van der Waals surface area contributed by atoms with E-state index in [-0.39, 0.29) is 12.8 Å². The highest BCUT2D eigenvalue weighted by Crippen LogP contribution is 2.53. The zero-order valence-corrected chi connectivity index (χ0v) is 8.61. The molecule has 1 saturated carbocycles. The van der Waals surface area contributed by atoms with Gasteiger partial charge < -0.3 is 19.7 Å². The third kappa shape index (κ3) is 1.41. The van der Waals surface area contributed by atoms with Gasteiger partial charge in [-0.05, 0) is 6.92 Å². The number of carbonyl (C=O) groups is 1. The van der Waals surface area contributed by atoms with Crippen molar-refractivity contribution >= 4 is 5.97 Å². The van der Waals surface area contributed by atoms with Gasteiger partial charge in [0.1, 0.15) is 5.41 Å². The molecule has 0 spiro atoms. The lowest BCUT2D eigenvalue weighted by Crippen LogP contribution is -2.62. The molecule has 5 nitrogen and oxygen atoms in total. The summed E-state index contributed by atoms with van der Waals surface area (Å²) in [5.74, 6) is -1.84. The maximum absolute atomic E-state index is 11.0. The van der Waals surface area contributed by atoms with Crippen LogP contribution in [0.15, 0.2) is 0 Å². The van der Waals surface area contributed by atoms with E-state index in [1.807, 2.05) is 0 Å². The van der Waals surface area contributed by atoms with Gasteiger partial charge in [0.25, 0.3) is 0 Å². The first-order valence-electron chi connectivity index (χ1n) is 4.44. The molecule has 1 rings (SSSR count). The fraction of sp³-hybridized carbons (Fsp3) is 0.889. The van der Waals surface area contributed by atoms with Crippen molar-refractivity contribution in [1.82, 2.24) is 0 Å². The van der Waals surface area contributed by atoms with Gasteiger partial charge in [0.15, 0.2) is 5.79 Å². The molecule has 0 bridgehead atoms. The van der Waals surface area contributed by atoms with Crippen LogP contribution in [0.1, 0.15) is 19.8 Å². The van der Waals surface area contributed by atoms with Crippen LogP contribution in [0.5, 0.6) is 0 Å². The van der Waals surface area contributed by atoms with Crippen molar-refractivity contribution in [3.63, 3.8) is 0 Å². The summed E-state index contributed by atoms with van der Waals surface area (Å²) in [6, 6.07) is 0. The summed E-state index contributed by atoms with van der Waals surface area (Å²) in [5, 5.41) is 18.4. The maximum Gasteiger partial charge on any atom is 0.312 e. The molecular formula is C9H16O5. The van der Waals surface area contributed by atoms with Crippen LogP contribution in [-0.4, -0.2) is 42.3 Å². The largest absolute Gasteiger partial charge is 0.481 e. The number of methoxy groups -OCH3 is 2. The topological polar surface area (TPSA) is 76.0 Å². The molecule has 1 fully saturated rings. The normalized spacial score (nSPS) is 25.1. The molecule has 0 aromatic carbocycles. The van der Waals surface area contributed by atoms with Crippen molar-refractivity contribution in [3.05, 3.63) is 0 Å². The average Bonchev–Trinajstić information content (AvgIpc) is 2.03. The Balaban J connectivity index is 2.78. The van der Waals surface area contributed by atoms with Crippen molar-refractivity contribution in [2.45, 2.75) is 31.7 Å². The van der Waals surface area contributed by atoms with Gasteiger partial charge in [0.2, 0.25) is 0 Å². The van der Waals surface area contributed by atoms with Crippen LogP contribution >= 0.6 is 0 Å². The van der Waals surface area contributed by atoms with Gasteiger partial charge in [0, 0.05) is 27.1 Å². The summed E-state index contributed by atoms with van der Waals surface area (Å²) in [5.41, 5.74) is -1.12. The summed E-state index contributed by atoms with van der Waals surface area (Å²) in [6.07, 6.45) is -0.543. The number of carboxylic acid groups (broad SMARTS) is 1. The summed E-state index contributed by atoms with van der Waals surface area (Å²) < 4.78 is 10.2. The minimum Gasteiger partial charge on any atom is -0.481 e. The number of hydrogen-bond donors (Lipinski definition) is 2. The SMILES string of the molecule is COC1(OC)CC(C(=O)O)(C(C)O)C1. The number of carboxylic acids is 1. The number of aliphatic hydroxyl groups is 1. The van der Waals surface area contributed by atoms with E-state index in [0.717, 1.165) is 0 Å². The number of aliphatic carboxylic acids is 1. The quantitative estimate of drug-likeness (QED) is 0.641. The maximum atomic E-state index is 11.0. The Morgan fingerprint density at radius 3 is 2.00 bits per heavy atom. The molecule has 2 N–H and O–H groups in total. The first-order chi connectivity index (χ1) is 6.42. The molecule has 0 amide bonds. The van der Waals surface area contributed by atoms with Crippen LogP contribution in [0, 0.1) is 5.41 Å². The Bertz CT molecular complexity index is 223. The van der Waals surface area contributed by atoms with Crippen LogP contribution in [0.25, 0.3) is 0 Å². The lowest BCUT2D eigenvalue weighted by atomic mass is 9.61. The molecule has 14 heavy (non-hydrogen) atoms. The summed E-state index contributed by atoms with van der Waals surface area (Å²) >= 11 is 0. The third-order valence-electron chi connectivity index (χ3n) is 3.14. The molecule has 0 saturated heterocycles. The van der Waals surface area contributed by atoms with Crippen molar-refractivity contribution in [2.24, 2.45) is 5.41 Å². The van der Waals surface area contributed by atoms with E-state index in [9.17, 15) is 9.90 Å². The minimum atomic E-state index is -1.12. The Kier molecular flexibility index (Phi) is 2.85. The molecule has 1 aliphatic carbocycles. The zero-order chi connectivity index (χ0) is 11.0. The predicted molar refractivity (Wildman–Crippen MR) is 47.7 cm³/mol. The number of rotatable bonds is 4. The van der Waals surface area contributed by atoms with Crippen LogP contribution in [0.4, 0.5) is 0 Å². The fourth-order valence-electron chi connectivity index (χ4n) is 1.91. The van der Waals surface area contributed by atoms with Crippen LogP contribution < -0.4 is 0 Å². The molecule has 1 atom stereocenters. The molecule has 0 radical (unpaired) electrons. The predicted octanol–water partition coefficient (Wildman–Crippen LogP) is 0.221. The minimum absolute atomic E-state index is 0.181. The second kappa shape index (κ2) is 3.49. The molecule has 1 aliphatic rings. The second-order valence-corrected chi connectivity index (χ2v) is 3.81. The van der Waals surface area contributed by atoms with E-state index < -0.39 is 23.3 Å². The molecular weight excluding hydrogens is 188 g/mol. The highest BCUT2D eigenvalue weighted by atomic mass is 16.7. The van der Waals surface area contributed by atoms with Gasteiger partial charge >= 0.3 is 5.97 Å². The van der Waals surface area contributed by atoms with Gasteiger partial charge in [-0.3, -0.25) is 4.79 Å². The van der Waals surface area contributed by atoms with Crippen molar-refractivity contribution in [3.8, 4) is 0 Å². The van der Waals surface area contributed by atoms with E-state index in [1.165, 1.54) is 21.1 Å². The van der Waals surface area contributed by atoms with E-state index in [4.69, 9.17) is 14.6 Å². The lowest BCUT2D eigenvalue weighted by Gasteiger charge is -2.52. The van der Waals surface area contributed by atoms with E-state index >= 15 is 0 Å². The van der Waals surface area contributed by atoms with Crippen LogP contribution in [0.2, 0.25) is 0 Å². The Hall–Kier alpha value is -0.650. The van der Waals surface area contributed by atoms with Crippen molar-refractivity contribution < 1.29 is 24.5 Å². The number of ether oxygens (including phenoxy) is 2. The first-order valence-corrected chi connectivity index (χ1v) is 4.44. The molecule has 82 valence electrons. The monoisotopic (exact) mass is 204 g/mol. The Morgan fingerprint density at radius 2 is 1.79 bits per heavy atom. The standard InChI is InChI=1S/C9H16O5/c1-6(10)8(7(11)12)4-9(5-8,13-2)14-3/h6,10H,4-5H2,1-3H3,(H,11,12). The second-order valence-electron chi connectivity index (χ2n) is 3.81. The average molecular weight is 204 g/mol. The molecule has 0 heterocycles. The van der Waals surface area contributed by atoms with Crippen LogP contribution in [-0.2, 0) is 14.3 Å². The van der Waals surface area contributed by atoms with E-state index in [2.05, 4.69) is 0 Å². The first kappa shape index (κ1) is 11.4. The van der Waals surface area contributed by atoms with Crippen molar-refractivity contribution in [2.75, 3.05) is 14.2 Å². The molecule has 0 aromatic rings. The molecule has 5 heteroatoms. The fourth-order valence-corrected chi connectivity index (χ4v) is 1.91. The highest BCUT2D eigenvalue weighted by Gasteiger charge is 2.63. The Labute approximate surface area is 82.6 Å². The van der Waals surface area contributed by atoms with Gasteiger partial charge in [-0.15, -0.1) is 0 Å². The van der Waals surface area contributed by atoms with Gasteiger partial charge in [0.05, 0.1) is 6.10 Å². The summed E-state index contributed by atoms with van der Waals surface area (Å²) in [6.45, 7) is 1.48. The smallest absolute Gasteiger partial charge is 0.312 e. The summed E-state index contributed by atoms with van der Waals surface area (Å²) in [4.78, 5) is 11.0. The van der Waals surface area contributed by atoms with Gasteiger partial charge in [-0.2, -0.15) is 0 Å². The zero-order valence-electron chi connectivity index (χ0n) is 8.61. The third-order valence-corrected chi connectivity index (χ3v) is 3.14. The summed E-state index contributed by atoms with van der Waals surface area (Å²) in [7, 11) is 2.94. The van der Waals surface area contributed by atoms with Gasteiger partial charge in [-0.1, -0.05) is 0 Å². The van der Waals surface area contributed by atoms with E-state index in [0.29, 0.717) is 0 Å². The van der Waals surface area contributed by atoms with E-state index in [1.54, 1.807) is 0 Å². The molecule has 0 aliphatic heterocycles. The Morgan fingerprint density at radius 1 is 1.36 bits per heavy atom. The lowest BCUT2D eigenvalue weighted by molar-refractivity contribution is -0.307. The van der Waals surface area contributed by atoms with Gasteiger partial charge in [-0.25, -0.2) is 0 Å². The van der Waals surface area contributed by atoms with Crippen molar-refractivity contribution in [1.29, 1.82) is 0 Å². The number of aliphatic hydroxyl groups excluding tert-OH is 1. The highest BCUT2D eigenvalue weighted by molar-refractivity contribution is 5.77. The molecule has 1 unspecified atom stereocenters. The molecule has 0 aromatic heterocycles.